The van der Waals surface area contributed by atoms with E-state index in [1.165, 1.54) is 32.4 Å². The molecule has 2 aliphatic heterocycles. The van der Waals surface area contributed by atoms with Crippen molar-refractivity contribution in [2.45, 2.75) is 96.5 Å². The van der Waals surface area contributed by atoms with Gasteiger partial charge in [-0.2, -0.15) is 0 Å². The maximum Gasteiger partial charge on any atom is 0.0577 e. The molecular formula is C27H45NO3. The number of nitrogens with zero attached hydrogens (tertiary/aromatic N) is 1. The zero-order valence-corrected chi connectivity index (χ0v) is 19.9. The monoisotopic (exact) mass is 431 g/mol. The summed E-state index contributed by atoms with van der Waals surface area (Å²) >= 11 is 0. The van der Waals surface area contributed by atoms with Crippen molar-refractivity contribution in [2.75, 3.05) is 13.1 Å². The molecule has 0 amide bonds. The van der Waals surface area contributed by atoms with E-state index >= 15 is 0 Å². The van der Waals surface area contributed by atoms with Crippen molar-refractivity contribution in [3.63, 3.8) is 0 Å². The molecule has 31 heavy (non-hydrogen) atoms. The molecule has 2 saturated heterocycles. The Morgan fingerprint density at radius 3 is 2.29 bits per heavy atom. The van der Waals surface area contributed by atoms with Crippen LogP contribution >= 0.6 is 0 Å². The van der Waals surface area contributed by atoms with E-state index < -0.39 is 0 Å². The maximum atomic E-state index is 11.4. The highest BCUT2D eigenvalue weighted by Crippen LogP contribution is 2.67. The molecule has 2 heterocycles. The van der Waals surface area contributed by atoms with Gasteiger partial charge in [0, 0.05) is 19.1 Å². The van der Waals surface area contributed by atoms with Gasteiger partial charge in [0.1, 0.15) is 0 Å². The van der Waals surface area contributed by atoms with Crippen LogP contribution in [0.1, 0.15) is 72.1 Å². The minimum absolute atomic E-state index is 0.155. The van der Waals surface area contributed by atoms with Crippen molar-refractivity contribution in [1.82, 2.24) is 4.90 Å². The first-order valence-electron chi connectivity index (χ1n) is 13.6. The fourth-order valence-corrected chi connectivity index (χ4v) is 10.6. The highest BCUT2D eigenvalue weighted by molar-refractivity contribution is 5.13. The summed E-state index contributed by atoms with van der Waals surface area (Å²) in [5.74, 6) is 5.31. The lowest BCUT2D eigenvalue weighted by Gasteiger charge is -2.58. The number of rotatable bonds is 0. The molecule has 2 unspecified atom stereocenters. The van der Waals surface area contributed by atoms with Crippen LogP contribution in [-0.2, 0) is 0 Å². The lowest BCUT2D eigenvalue weighted by atomic mass is 9.51. The minimum Gasteiger partial charge on any atom is -0.393 e. The standard InChI is InChI=1S/C27H45NO3/c1-14-4-5-23-15(2)26-20(13-28(23)12-14)17-9-21-19(18(17)10-25(26)31)11-24(30)22-8-16(29)6-7-27(21,22)3/h14-26,29-31H,4-13H2,1-3H3/t14?,15-,16-,17+,18+,19-,20-,21-,22+,23?,24+,25-,26+,27+/m0/s1. The van der Waals surface area contributed by atoms with Gasteiger partial charge >= 0.3 is 0 Å². The third-order valence-electron chi connectivity index (χ3n) is 12.0. The minimum atomic E-state index is -0.271. The van der Waals surface area contributed by atoms with Crippen molar-refractivity contribution < 1.29 is 15.3 Å². The first-order chi connectivity index (χ1) is 14.8. The molecule has 3 N–H and O–H groups in total. The smallest absolute Gasteiger partial charge is 0.0577 e. The van der Waals surface area contributed by atoms with Crippen LogP contribution in [0.5, 0.6) is 0 Å². The molecule has 0 aromatic heterocycles. The van der Waals surface area contributed by atoms with E-state index in [1.807, 2.05) is 0 Å². The van der Waals surface area contributed by atoms with Gasteiger partial charge in [-0.3, -0.25) is 4.90 Å². The number of hydrogen-bond donors (Lipinski definition) is 3. The Morgan fingerprint density at radius 2 is 1.48 bits per heavy atom. The van der Waals surface area contributed by atoms with Gasteiger partial charge in [-0.05, 0) is 110 Å². The summed E-state index contributed by atoms with van der Waals surface area (Å²) in [5, 5.41) is 32.9. The Kier molecular flexibility index (Phi) is 5.12. The second kappa shape index (κ2) is 7.42. The average Bonchev–Trinajstić information content (AvgIpc) is 3.08. The zero-order chi connectivity index (χ0) is 21.7. The molecule has 14 atom stereocenters. The number of hydrogen-bond acceptors (Lipinski definition) is 4. The first kappa shape index (κ1) is 21.4. The average molecular weight is 432 g/mol. The molecular weight excluding hydrogens is 386 g/mol. The second-order valence-electron chi connectivity index (χ2n) is 13.3. The molecule has 0 bridgehead atoms. The van der Waals surface area contributed by atoms with Crippen molar-refractivity contribution in [2.24, 2.45) is 58.7 Å². The van der Waals surface area contributed by atoms with Crippen LogP contribution < -0.4 is 0 Å². The van der Waals surface area contributed by atoms with Crippen LogP contribution in [0.4, 0.5) is 0 Å². The third kappa shape index (κ3) is 3.07. The summed E-state index contributed by atoms with van der Waals surface area (Å²) < 4.78 is 0. The molecule has 0 radical (unpaired) electrons. The van der Waals surface area contributed by atoms with E-state index in [4.69, 9.17) is 0 Å². The summed E-state index contributed by atoms with van der Waals surface area (Å²) in [4.78, 5) is 2.81. The molecule has 0 aromatic rings. The number of aliphatic hydroxyl groups is 3. The Labute approximate surface area is 188 Å². The second-order valence-corrected chi connectivity index (χ2v) is 13.3. The molecule has 4 aliphatic carbocycles. The molecule has 4 heteroatoms. The van der Waals surface area contributed by atoms with Gasteiger partial charge in [0.15, 0.2) is 0 Å². The first-order valence-corrected chi connectivity index (χ1v) is 13.6. The largest absolute Gasteiger partial charge is 0.393 e. The van der Waals surface area contributed by atoms with E-state index in [0.29, 0.717) is 41.5 Å². The lowest BCUT2D eigenvalue weighted by molar-refractivity contribution is -0.139. The summed E-state index contributed by atoms with van der Waals surface area (Å²) in [5.41, 5.74) is 0.168. The number of fused-ring (bicyclic) bond motifs is 8. The van der Waals surface area contributed by atoms with E-state index in [1.54, 1.807) is 0 Å². The Bertz CT molecular complexity index is 700. The van der Waals surface area contributed by atoms with Crippen molar-refractivity contribution in [1.29, 1.82) is 0 Å². The van der Waals surface area contributed by atoms with E-state index in [2.05, 4.69) is 25.7 Å². The fraction of sp³-hybridized carbons (Fsp3) is 1.00. The van der Waals surface area contributed by atoms with Crippen molar-refractivity contribution in [3.05, 3.63) is 0 Å². The van der Waals surface area contributed by atoms with Gasteiger partial charge in [0.25, 0.3) is 0 Å². The molecule has 4 nitrogen and oxygen atoms in total. The Hall–Kier alpha value is -0.160. The van der Waals surface area contributed by atoms with Crippen LogP contribution in [-0.4, -0.2) is 57.7 Å². The van der Waals surface area contributed by atoms with E-state index in [0.717, 1.165) is 43.9 Å². The predicted molar refractivity (Wildman–Crippen MR) is 121 cm³/mol. The quantitative estimate of drug-likeness (QED) is 0.549. The molecule has 176 valence electrons. The van der Waals surface area contributed by atoms with Gasteiger partial charge in [-0.1, -0.05) is 20.8 Å². The Balaban J connectivity index is 1.31. The highest BCUT2D eigenvalue weighted by Gasteiger charge is 2.64. The summed E-state index contributed by atoms with van der Waals surface area (Å²) in [6.45, 7) is 9.74. The van der Waals surface area contributed by atoms with Gasteiger partial charge in [0.05, 0.1) is 18.3 Å². The van der Waals surface area contributed by atoms with Gasteiger partial charge in [-0.25, -0.2) is 0 Å². The van der Waals surface area contributed by atoms with Gasteiger partial charge in [0.2, 0.25) is 0 Å². The van der Waals surface area contributed by atoms with Crippen molar-refractivity contribution in [3.8, 4) is 0 Å². The maximum absolute atomic E-state index is 11.4. The van der Waals surface area contributed by atoms with Crippen LogP contribution in [0.2, 0.25) is 0 Å². The lowest BCUT2D eigenvalue weighted by Crippen LogP contribution is -2.61. The van der Waals surface area contributed by atoms with Crippen molar-refractivity contribution >= 4 is 0 Å². The van der Waals surface area contributed by atoms with E-state index in [9.17, 15) is 15.3 Å². The third-order valence-corrected chi connectivity index (χ3v) is 12.0. The van der Waals surface area contributed by atoms with E-state index in [-0.39, 0.29) is 29.6 Å². The normalized spacial score (nSPS) is 61.5. The molecule has 6 fully saturated rings. The van der Waals surface area contributed by atoms with Crippen LogP contribution in [0, 0.1) is 58.7 Å². The zero-order valence-electron chi connectivity index (χ0n) is 19.9. The summed E-state index contributed by atoms with van der Waals surface area (Å²) in [7, 11) is 0. The molecule has 4 saturated carbocycles. The van der Waals surface area contributed by atoms with Crippen LogP contribution in [0.25, 0.3) is 0 Å². The van der Waals surface area contributed by atoms with Crippen LogP contribution in [0.15, 0.2) is 0 Å². The SMILES string of the molecule is CC1CCC2[C@H](C)[C@@H]3[C@@H](CN2C1)[C@@H]1C[C@H]2[C@@H](C[C@@H](O)[C@H]4C[C@@H](O)CC[C@@]42C)[C@@H]1C[C@@H]3O. The van der Waals surface area contributed by atoms with Gasteiger partial charge in [-0.15, -0.1) is 0 Å². The highest BCUT2D eigenvalue weighted by atomic mass is 16.3. The molecule has 6 aliphatic rings. The predicted octanol–water partition coefficient (Wildman–Crippen LogP) is 3.53. The van der Waals surface area contributed by atoms with Crippen LogP contribution in [0.3, 0.4) is 0 Å². The fourth-order valence-electron chi connectivity index (χ4n) is 10.6. The summed E-state index contributed by atoms with van der Waals surface area (Å²) in [6.07, 6.45) is 7.94. The molecule has 0 aromatic carbocycles. The number of piperidine rings is 2. The summed E-state index contributed by atoms with van der Waals surface area (Å²) in [6, 6.07) is 0.677. The molecule has 0 spiro atoms. The topological polar surface area (TPSA) is 63.9 Å². The number of aliphatic hydroxyl groups excluding tert-OH is 3. The van der Waals surface area contributed by atoms with Gasteiger partial charge < -0.3 is 15.3 Å². The molecule has 6 rings (SSSR count). The Morgan fingerprint density at radius 1 is 0.742 bits per heavy atom.